The van der Waals surface area contributed by atoms with Gasteiger partial charge in [0.15, 0.2) is 0 Å². The Morgan fingerprint density at radius 2 is 2.00 bits per heavy atom. The van der Waals surface area contributed by atoms with E-state index in [9.17, 15) is 14.4 Å². The normalized spacial score (nSPS) is 23.9. The predicted octanol–water partition coefficient (Wildman–Crippen LogP) is -0.323. The first-order chi connectivity index (χ1) is 8.97. The van der Waals surface area contributed by atoms with Crippen LogP contribution < -0.4 is 0 Å². The number of amides is 3. The molecule has 2 rings (SSSR count). The van der Waals surface area contributed by atoms with Crippen molar-refractivity contribution >= 4 is 17.9 Å². The van der Waals surface area contributed by atoms with E-state index in [1.54, 1.807) is 21.7 Å². The number of aliphatic carboxylic acids is 1. The molecule has 19 heavy (non-hydrogen) atoms. The fourth-order valence-electron chi connectivity index (χ4n) is 2.54. The van der Waals surface area contributed by atoms with Crippen LogP contribution in [0, 0.1) is 5.92 Å². The zero-order valence-corrected chi connectivity index (χ0v) is 11.0. The zero-order chi connectivity index (χ0) is 14.0. The predicted molar refractivity (Wildman–Crippen MR) is 66.5 cm³/mol. The summed E-state index contributed by atoms with van der Waals surface area (Å²) >= 11 is 0. The zero-order valence-electron chi connectivity index (χ0n) is 11.0. The van der Waals surface area contributed by atoms with Crippen molar-refractivity contribution in [1.82, 2.24) is 14.7 Å². The molecule has 2 aliphatic rings. The average Bonchev–Trinajstić information content (AvgIpc) is 2.79. The van der Waals surface area contributed by atoms with Gasteiger partial charge in [0.1, 0.15) is 6.54 Å². The maximum Gasteiger partial charge on any atom is 0.320 e. The van der Waals surface area contributed by atoms with Gasteiger partial charge in [0.05, 0.1) is 0 Å². The number of carboxylic acids is 1. The van der Waals surface area contributed by atoms with Crippen molar-refractivity contribution in [2.75, 3.05) is 39.8 Å². The number of carboxylic acid groups (broad SMARTS) is 1. The SMILES string of the molecule is CN1CCN(C(=O)N2CCC(CC(=O)O)C2)CC1=O. The van der Waals surface area contributed by atoms with Gasteiger partial charge in [-0.2, -0.15) is 0 Å². The summed E-state index contributed by atoms with van der Waals surface area (Å²) in [4.78, 5) is 39.3. The Bertz CT molecular complexity index is 398. The maximum atomic E-state index is 12.2. The van der Waals surface area contributed by atoms with Crippen LogP contribution in [0.25, 0.3) is 0 Å². The third-order valence-corrected chi connectivity index (χ3v) is 3.75. The Labute approximate surface area is 111 Å². The highest BCUT2D eigenvalue weighted by atomic mass is 16.4. The van der Waals surface area contributed by atoms with Crippen LogP contribution in [0.1, 0.15) is 12.8 Å². The monoisotopic (exact) mass is 269 g/mol. The first-order valence-electron chi connectivity index (χ1n) is 6.47. The summed E-state index contributed by atoms with van der Waals surface area (Å²) in [5.41, 5.74) is 0. The second kappa shape index (κ2) is 5.46. The van der Waals surface area contributed by atoms with E-state index in [2.05, 4.69) is 0 Å². The summed E-state index contributed by atoms with van der Waals surface area (Å²) in [5, 5.41) is 8.75. The molecule has 2 aliphatic heterocycles. The largest absolute Gasteiger partial charge is 0.481 e. The van der Waals surface area contributed by atoms with Gasteiger partial charge in [0, 0.05) is 39.6 Å². The molecule has 1 atom stereocenters. The highest BCUT2D eigenvalue weighted by Gasteiger charge is 2.33. The van der Waals surface area contributed by atoms with Gasteiger partial charge in [-0.3, -0.25) is 9.59 Å². The second-order valence-corrected chi connectivity index (χ2v) is 5.22. The molecule has 1 unspecified atom stereocenters. The lowest BCUT2D eigenvalue weighted by Gasteiger charge is -2.34. The molecule has 0 radical (unpaired) electrons. The van der Waals surface area contributed by atoms with Crippen LogP contribution in [0.5, 0.6) is 0 Å². The Kier molecular flexibility index (Phi) is 3.92. The molecule has 0 saturated carbocycles. The molecule has 0 bridgehead atoms. The Morgan fingerprint density at radius 3 is 2.63 bits per heavy atom. The van der Waals surface area contributed by atoms with Gasteiger partial charge in [0.25, 0.3) is 0 Å². The lowest BCUT2D eigenvalue weighted by atomic mass is 10.1. The summed E-state index contributed by atoms with van der Waals surface area (Å²) in [5.74, 6) is -0.848. The summed E-state index contributed by atoms with van der Waals surface area (Å²) in [6.45, 7) is 2.27. The summed E-state index contributed by atoms with van der Waals surface area (Å²) < 4.78 is 0. The second-order valence-electron chi connectivity index (χ2n) is 5.22. The van der Waals surface area contributed by atoms with Gasteiger partial charge in [-0.05, 0) is 12.3 Å². The molecule has 2 heterocycles. The number of hydrogen-bond donors (Lipinski definition) is 1. The number of rotatable bonds is 2. The minimum absolute atomic E-state index is 0.0321. The molecule has 0 aromatic heterocycles. The van der Waals surface area contributed by atoms with Gasteiger partial charge in [0.2, 0.25) is 5.91 Å². The molecule has 0 spiro atoms. The topological polar surface area (TPSA) is 81.2 Å². The highest BCUT2D eigenvalue weighted by Crippen LogP contribution is 2.21. The number of piperazine rings is 1. The van der Waals surface area contributed by atoms with E-state index in [0.29, 0.717) is 26.2 Å². The maximum absolute atomic E-state index is 12.2. The van der Waals surface area contributed by atoms with E-state index in [1.165, 1.54) is 0 Å². The average molecular weight is 269 g/mol. The Balaban J connectivity index is 1.87. The minimum Gasteiger partial charge on any atom is -0.481 e. The first-order valence-corrected chi connectivity index (χ1v) is 6.47. The van der Waals surface area contributed by atoms with Gasteiger partial charge in [-0.15, -0.1) is 0 Å². The molecular weight excluding hydrogens is 250 g/mol. The van der Waals surface area contributed by atoms with Crippen LogP contribution in [-0.2, 0) is 9.59 Å². The van der Waals surface area contributed by atoms with Gasteiger partial charge in [-0.25, -0.2) is 4.79 Å². The van der Waals surface area contributed by atoms with Crippen LogP contribution in [-0.4, -0.2) is 77.5 Å². The number of carbonyl (C=O) groups excluding carboxylic acids is 2. The van der Waals surface area contributed by atoms with Crippen molar-refractivity contribution in [2.24, 2.45) is 5.92 Å². The van der Waals surface area contributed by atoms with Crippen molar-refractivity contribution in [2.45, 2.75) is 12.8 Å². The third kappa shape index (κ3) is 3.15. The molecule has 1 N–H and O–H groups in total. The van der Waals surface area contributed by atoms with Gasteiger partial charge < -0.3 is 19.8 Å². The standard InChI is InChI=1S/C12H19N3O4/c1-13-4-5-15(8-10(13)16)12(19)14-3-2-9(7-14)6-11(17)18/h9H,2-8H2,1H3,(H,17,18). The van der Waals surface area contributed by atoms with E-state index in [1.807, 2.05) is 0 Å². The molecule has 0 aromatic rings. The Hall–Kier alpha value is -1.79. The van der Waals surface area contributed by atoms with Crippen LogP contribution in [0.15, 0.2) is 0 Å². The van der Waals surface area contributed by atoms with Gasteiger partial charge >= 0.3 is 12.0 Å². The number of likely N-dealkylation sites (tertiary alicyclic amines) is 1. The molecule has 7 heteroatoms. The summed E-state index contributed by atoms with van der Waals surface area (Å²) in [6.07, 6.45) is 0.825. The van der Waals surface area contributed by atoms with Crippen molar-refractivity contribution in [3.8, 4) is 0 Å². The van der Waals surface area contributed by atoms with E-state index in [4.69, 9.17) is 5.11 Å². The van der Waals surface area contributed by atoms with E-state index < -0.39 is 5.97 Å². The molecule has 106 valence electrons. The van der Waals surface area contributed by atoms with E-state index >= 15 is 0 Å². The lowest BCUT2D eigenvalue weighted by molar-refractivity contribution is -0.138. The van der Waals surface area contributed by atoms with E-state index in [-0.39, 0.29) is 30.8 Å². The molecule has 7 nitrogen and oxygen atoms in total. The quantitative estimate of drug-likeness (QED) is 0.744. The summed E-state index contributed by atoms with van der Waals surface area (Å²) in [7, 11) is 1.73. The highest BCUT2D eigenvalue weighted by molar-refractivity contribution is 5.85. The van der Waals surface area contributed by atoms with Crippen LogP contribution >= 0.6 is 0 Å². The van der Waals surface area contributed by atoms with Gasteiger partial charge in [-0.1, -0.05) is 0 Å². The fourth-order valence-corrected chi connectivity index (χ4v) is 2.54. The number of carbonyl (C=O) groups is 3. The molecule has 2 saturated heterocycles. The number of urea groups is 1. The number of likely N-dealkylation sites (N-methyl/N-ethyl adjacent to an activating group) is 1. The van der Waals surface area contributed by atoms with Crippen LogP contribution in [0.3, 0.4) is 0 Å². The fraction of sp³-hybridized carbons (Fsp3) is 0.750. The van der Waals surface area contributed by atoms with Crippen molar-refractivity contribution < 1.29 is 19.5 Å². The number of nitrogens with zero attached hydrogens (tertiary/aromatic N) is 3. The number of hydrogen-bond acceptors (Lipinski definition) is 3. The van der Waals surface area contributed by atoms with Crippen molar-refractivity contribution in [3.05, 3.63) is 0 Å². The van der Waals surface area contributed by atoms with E-state index in [0.717, 1.165) is 6.42 Å². The third-order valence-electron chi connectivity index (χ3n) is 3.75. The minimum atomic E-state index is -0.825. The smallest absolute Gasteiger partial charge is 0.320 e. The first kappa shape index (κ1) is 13.6. The Morgan fingerprint density at radius 1 is 1.26 bits per heavy atom. The molecule has 3 amide bonds. The van der Waals surface area contributed by atoms with Crippen molar-refractivity contribution in [3.63, 3.8) is 0 Å². The van der Waals surface area contributed by atoms with Crippen LogP contribution in [0.4, 0.5) is 4.79 Å². The molecule has 0 aromatic carbocycles. The summed E-state index contributed by atoms with van der Waals surface area (Å²) in [6, 6.07) is -0.144. The molecular formula is C12H19N3O4. The van der Waals surface area contributed by atoms with Crippen LogP contribution in [0.2, 0.25) is 0 Å². The van der Waals surface area contributed by atoms with Crippen molar-refractivity contribution in [1.29, 1.82) is 0 Å². The molecule has 2 fully saturated rings. The molecule has 0 aliphatic carbocycles. The lowest BCUT2D eigenvalue weighted by Crippen LogP contribution is -2.54.